The van der Waals surface area contributed by atoms with Gasteiger partial charge in [-0.3, -0.25) is 4.98 Å². The highest BCUT2D eigenvalue weighted by molar-refractivity contribution is 7.98. The predicted octanol–water partition coefficient (Wildman–Crippen LogP) is 5.49. The summed E-state index contributed by atoms with van der Waals surface area (Å²) in [5.41, 5.74) is 4.21. The van der Waals surface area contributed by atoms with E-state index in [2.05, 4.69) is 47.4 Å². The second kappa shape index (κ2) is 6.49. The molecule has 0 amide bonds. The third kappa shape index (κ3) is 3.05. The average Bonchev–Trinajstić information content (AvgIpc) is 3.09. The first-order valence-electron chi connectivity index (χ1n) is 7.79. The molecule has 0 aliphatic carbocycles. The van der Waals surface area contributed by atoms with E-state index in [-0.39, 0.29) is 0 Å². The van der Waals surface area contributed by atoms with Crippen molar-refractivity contribution in [1.82, 2.24) is 10.1 Å². The number of aromatic nitrogens is 2. The molecule has 3 nitrogen and oxygen atoms in total. The maximum absolute atomic E-state index is 5.50. The lowest BCUT2D eigenvalue weighted by atomic mass is 10.1. The lowest BCUT2D eigenvalue weighted by Gasteiger charge is -2.03. The zero-order valence-electron chi connectivity index (χ0n) is 13.3. The number of benzene rings is 2. The first kappa shape index (κ1) is 15.0. The second-order valence-corrected chi connectivity index (χ2v) is 6.68. The Bertz CT molecular complexity index is 971. The van der Waals surface area contributed by atoms with E-state index in [1.54, 1.807) is 11.8 Å². The van der Waals surface area contributed by atoms with Gasteiger partial charge in [0.1, 0.15) is 11.5 Å². The number of nitrogens with zero attached hydrogens (tertiary/aromatic N) is 2. The van der Waals surface area contributed by atoms with E-state index in [0.717, 1.165) is 28.3 Å². The molecule has 4 rings (SSSR count). The van der Waals surface area contributed by atoms with E-state index in [4.69, 9.17) is 4.52 Å². The highest BCUT2D eigenvalue weighted by Gasteiger charge is 2.08. The molecule has 0 unspecified atom stereocenters. The van der Waals surface area contributed by atoms with Gasteiger partial charge in [0.15, 0.2) is 0 Å². The van der Waals surface area contributed by atoms with Crippen LogP contribution in [0.1, 0.15) is 11.3 Å². The fourth-order valence-corrected chi connectivity index (χ4v) is 3.50. The third-order valence-electron chi connectivity index (χ3n) is 3.89. The van der Waals surface area contributed by atoms with Crippen molar-refractivity contribution in [3.63, 3.8) is 0 Å². The predicted molar refractivity (Wildman–Crippen MR) is 98.0 cm³/mol. The molecule has 2 heterocycles. The Morgan fingerprint density at radius 1 is 1.00 bits per heavy atom. The molecular weight excluding hydrogens is 316 g/mol. The second-order valence-electron chi connectivity index (χ2n) is 5.66. The molecule has 24 heavy (non-hydrogen) atoms. The van der Waals surface area contributed by atoms with Crippen molar-refractivity contribution in [2.75, 3.05) is 0 Å². The molecule has 2 aromatic carbocycles. The average molecular weight is 332 g/mol. The molecule has 0 saturated heterocycles. The number of fused-ring (bicyclic) bond motifs is 1. The minimum absolute atomic E-state index is 0.743. The van der Waals surface area contributed by atoms with Crippen LogP contribution in [-0.4, -0.2) is 10.1 Å². The molecular formula is C20H16N2OS. The zero-order valence-corrected chi connectivity index (χ0v) is 14.1. The fraction of sp³-hybridized carbons (Fsp3) is 0.100. The monoisotopic (exact) mass is 332 g/mol. The molecule has 0 radical (unpaired) electrons. The number of hydrogen-bond donors (Lipinski definition) is 0. The van der Waals surface area contributed by atoms with E-state index in [1.807, 2.05) is 36.5 Å². The van der Waals surface area contributed by atoms with E-state index < -0.39 is 0 Å². The van der Waals surface area contributed by atoms with Crippen molar-refractivity contribution in [3.8, 4) is 11.3 Å². The lowest BCUT2D eigenvalue weighted by molar-refractivity contribution is 0.397. The van der Waals surface area contributed by atoms with Crippen LogP contribution in [0.25, 0.3) is 22.2 Å². The van der Waals surface area contributed by atoms with Crippen LogP contribution in [0, 0.1) is 6.92 Å². The van der Waals surface area contributed by atoms with Gasteiger partial charge in [0.05, 0.1) is 11.3 Å². The molecule has 118 valence electrons. The summed E-state index contributed by atoms with van der Waals surface area (Å²) in [5.74, 6) is 1.61. The van der Waals surface area contributed by atoms with Crippen LogP contribution in [0.3, 0.4) is 0 Å². The summed E-state index contributed by atoms with van der Waals surface area (Å²) < 4.78 is 5.50. The number of thioether (sulfide) groups is 1. The molecule has 0 bridgehead atoms. The van der Waals surface area contributed by atoms with Crippen LogP contribution in [0.2, 0.25) is 0 Å². The van der Waals surface area contributed by atoms with Crippen LogP contribution in [0.15, 0.2) is 76.3 Å². The summed E-state index contributed by atoms with van der Waals surface area (Å²) in [6.45, 7) is 2.08. The third-order valence-corrected chi connectivity index (χ3v) is 4.98. The molecule has 4 heteroatoms. The van der Waals surface area contributed by atoms with Gasteiger partial charge in [0, 0.05) is 28.1 Å². The molecule has 0 saturated carbocycles. The first-order valence-corrected chi connectivity index (χ1v) is 8.77. The standard InChI is InChI=1S/C20H16N2OS/c1-14-6-8-15(9-7-14)19-12-16(23-22-19)13-24-20-10-11-21-18-5-3-2-4-17(18)20/h2-12H,13H2,1H3. The van der Waals surface area contributed by atoms with E-state index >= 15 is 0 Å². The summed E-state index contributed by atoms with van der Waals surface area (Å²) in [4.78, 5) is 5.60. The quantitative estimate of drug-likeness (QED) is 0.463. The van der Waals surface area contributed by atoms with E-state index in [1.165, 1.54) is 15.8 Å². The molecule has 4 aromatic rings. The fourth-order valence-electron chi connectivity index (χ4n) is 2.59. The van der Waals surface area contributed by atoms with Crippen LogP contribution in [0.4, 0.5) is 0 Å². The lowest BCUT2D eigenvalue weighted by Crippen LogP contribution is -1.82. The number of rotatable bonds is 4. The molecule has 0 aliphatic rings. The van der Waals surface area contributed by atoms with Crippen LogP contribution >= 0.6 is 11.8 Å². The van der Waals surface area contributed by atoms with Crippen LogP contribution in [0.5, 0.6) is 0 Å². The minimum atomic E-state index is 0.743. The normalized spacial score (nSPS) is 11.0. The SMILES string of the molecule is Cc1ccc(-c2cc(CSc3ccnc4ccccc34)on2)cc1. The molecule has 0 spiro atoms. The highest BCUT2D eigenvalue weighted by Crippen LogP contribution is 2.30. The smallest absolute Gasteiger partial charge is 0.147 e. The Balaban J connectivity index is 1.53. The maximum atomic E-state index is 5.50. The Morgan fingerprint density at radius 2 is 1.83 bits per heavy atom. The van der Waals surface area contributed by atoms with E-state index in [0.29, 0.717) is 0 Å². The van der Waals surface area contributed by atoms with Gasteiger partial charge >= 0.3 is 0 Å². The van der Waals surface area contributed by atoms with Gasteiger partial charge in [-0.05, 0) is 19.1 Å². The van der Waals surface area contributed by atoms with Crippen molar-refractivity contribution < 1.29 is 4.52 Å². The summed E-state index contributed by atoms with van der Waals surface area (Å²) >= 11 is 1.74. The van der Waals surface area contributed by atoms with Crippen molar-refractivity contribution in [2.24, 2.45) is 0 Å². The topological polar surface area (TPSA) is 38.9 Å². The Kier molecular flexibility index (Phi) is 4.05. The van der Waals surface area contributed by atoms with Gasteiger partial charge < -0.3 is 4.52 Å². The summed E-state index contributed by atoms with van der Waals surface area (Å²) in [5, 5.41) is 5.36. The molecule has 0 aliphatic heterocycles. The maximum Gasteiger partial charge on any atom is 0.147 e. The largest absolute Gasteiger partial charge is 0.360 e. The Labute approximate surface area is 144 Å². The molecule has 2 aromatic heterocycles. The molecule has 0 N–H and O–H groups in total. The van der Waals surface area contributed by atoms with Crippen LogP contribution in [-0.2, 0) is 5.75 Å². The van der Waals surface area contributed by atoms with Crippen LogP contribution < -0.4 is 0 Å². The van der Waals surface area contributed by atoms with Gasteiger partial charge in [-0.15, -0.1) is 11.8 Å². The summed E-state index contributed by atoms with van der Waals surface area (Å²) in [7, 11) is 0. The highest BCUT2D eigenvalue weighted by atomic mass is 32.2. The van der Waals surface area contributed by atoms with Crippen molar-refractivity contribution in [1.29, 1.82) is 0 Å². The van der Waals surface area contributed by atoms with Gasteiger partial charge in [0.2, 0.25) is 0 Å². The number of para-hydroxylation sites is 1. The van der Waals surface area contributed by atoms with Gasteiger partial charge in [-0.1, -0.05) is 53.2 Å². The molecule has 0 atom stereocenters. The molecule has 0 fully saturated rings. The van der Waals surface area contributed by atoms with Gasteiger partial charge in [-0.2, -0.15) is 0 Å². The van der Waals surface area contributed by atoms with Crippen molar-refractivity contribution in [2.45, 2.75) is 17.6 Å². The van der Waals surface area contributed by atoms with Gasteiger partial charge in [-0.25, -0.2) is 0 Å². The van der Waals surface area contributed by atoms with Crippen molar-refractivity contribution in [3.05, 3.63) is 78.2 Å². The zero-order chi connectivity index (χ0) is 16.4. The minimum Gasteiger partial charge on any atom is -0.360 e. The van der Waals surface area contributed by atoms with Gasteiger partial charge in [0.25, 0.3) is 0 Å². The summed E-state index contributed by atoms with van der Waals surface area (Å²) in [6.07, 6.45) is 1.85. The van der Waals surface area contributed by atoms with E-state index in [9.17, 15) is 0 Å². The summed E-state index contributed by atoms with van der Waals surface area (Å²) in [6, 6.07) is 20.5. The number of hydrogen-bond acceptors (Lipinski definition) is 4. The number of pyridine rings is 1. The Morgan fingerprint density at radius 3 is 2.71 bits per heavy atom. The number of aryl methyl sites for hydroxylation is 1. The first-order chi connectivity index (χ1) is 11.8. The Hall–Kier alpha value is -2.59. The van der Waals surface area contributed by atoms with Crippen molar-refractivity contribution >= 4 is 22.7 Å².